The summed E-state index contributed by atoms with van der Waals surface area (Å²) in [7, 11) is 0. The van der Waals surface area contributed by atoms with E-state index in [-0.39, 0.29) is 0 Å². The van der Waals surface area contributed by atoms with Crippen LogP contribution in [0.3, 0.4) is 0 Å². The first-order valence-corrected chi connectivity index (χ1v) is 5.22. The minimum absolute atomic E-state index is 0.633. The van der Waals surface area contributed by atoms with E-state index >= 15 is 0 Å². The zero-order valence-electron chi connectivity index (χ0n) is 6.72. The Kier molecular flexibility index (Phi) is 2.65. The number of hydrogen-bond donors (Lipinski definition) is 1. The summed E-state index contributed by atoms with van der Waals surface area (Å²) in [6.07, 6.45) is 4.13. The number of aromatic amines is 1. The van der Waals surface area contributed by atoms with Gasteiger partial charge in [-0.3, -0.25) is 5.10 Å². The fourth-order valence-electron chi connectivity index (χ4n) is 1.55. The van der Waals surface area contributed by atoms with Crippen molar-refractivity contribution in [2.45, 2.75) is 18.8 Å². The fraction of sp³-hybridized carbons (Fsp3) is 0.625. The molecule has 1 saturated heterocycles. The van der Waals surface area contributed by atoms with Crippen LogP contribution in [0.5, 0.6) is 0 Å². The first-order chi connectivity index (χ1) is 5.88. The van der Waals surface area contributed by atoms with Gasteiger partial charge in [0.05, 0.1) is 15.5 Å². The first-order valence-electron chi connectivity index (χ1n) is 4.14. The number of hydrogen-bond acceptors (Lipinski definition) is 2. The number of ether oxygens (including phenoxy) is 1. The van der Waals surface area contributed by atoms with Crippen LogP contribution in [0.2, 0.25) is 0 Å². The Morgan fingerprint density at radius 2 is 2.25 bits per heavy atom. The molecule has 1 aromatic rings. The van der Waals surface area contributed by atoms with Crippen molar-refractivity contribution < 1.29 is 4.74 Å². The molecular formula is C8H11IN2O. The second-order valence-electron chi connectivity index (χ2n) is 3.02. The van der Waals surface area contributed by atoms with Crippen molar-refractivity contribution in [1.29, 1.82) is 0 Å². The van der Waals surface area contributed by atoms with E-state index in [1.807, 2.05) is 6.20 Å². The van der Waals surface area contributed by atoms with Crippen molar-refractivity contribution in [2.75, 3.05) is 13.2 Å². The van der Waals surface area contributed by atoms with Crippen molar-refractivity contribution in [3.63, 3.8) is 0 Å². The zero-order valence-corrected chi connectivity index (χ0v) is 8.87. The van der Waals surface area contributed by atoms with Crippen molar-refractivity contribution in [2.24, 2.45) is 0 Å². The van der Waals surface area contributed by atoms with E-state index < -0.39 is 0 Å². The van der Waals surface area contributed by atoms with Gasteiger partial charge in [0.1, 0.15) is 0 Å². The van der Waals surface area contributed by atoms with Crippen LogP contribution in [0.4, 0.5) is 0 Å². The van der Waals surface area contributed by atoms with E-state index in [9.17, 15) is 0 Å². The molecule has 0 bridgehead atoms. The summed E-state index contributed by atoms with van der Waals surface area (Å²) < 4.78 is 6.55. The lowest BCUT2D eigenvalue weighted by atomic mass is 9.97. The quantitative estimate of drug-likeness (QED) is 0.797. The maximum absolute atomic E-state index is 5.30. The molecule has 3 nitrogen and oxygen atoms in total. The van der Waals surface area contributed by atoms with Crippen LogP contribution >= 0.6 is 22.6 Å². The molecule has 0 spiro atoms. The predicted octanol–water partition coefficient (Wildman–Crippen LogP) is 1.91. The average molecular weight is 278 g/mol. The van der Waals surface area contributed by atoms with Crippen molar-refractivity contribution in [3.8, 4) is 0 Å². The van der Waals surface area contributed by atoms with Gasteiger partial charge < -0.3 is 4.74 Å². The maximum atomic E-state index is 5.30. The summed E-state index contributed by atoms with van der Waals surface area (Å²) in [4.78, 5) is 0. The van der Waals surface area contributed by atoms with Gasteiger partial charge in [0, 0.05) is 19.1 Å². The van der Waals surface area contributed by atoms with Crippen LogP contribution in [0.15, 0.2) is 6.20 Å². The highest BCUT2D eigenvalue weighted by Crippen LogP contribution is 2.27. The molecule has 2 heterocycles. The summed E-state index contributed by atoms with van der Waals surface area (Å²) in [6.45, 7) is 1.78. The Bertz CT molecular complexity index is 255. The molecule has 1 N–H and O–H groups in total. The van der Waals surface area contributed by atoms with E-state index in [0.717, 1.165) is 26.1 Å². The second kappa shape index (κ2) is 3.74. The van der Waals surface area contributed by atoms with Gasteiger partial charge in [-0.15, -0.1) is 0 Å². The zero-order chi connectivity index (χ0) is 8.39. The number of nitrogens with one attached hydrogen (secondary N) is 1. The SMILES string of the molecule is Ic1cn[nH]c1C1CCOCC1. The monoisotopic (exact) mass is 278 g/mol. The van der Waals surface area contributed by atoms with Gasteiger partial charge in [-0.05, 0) is 35.4 Å². The first kappa shape index (κ1) is 8.50. The lowest BCUT2D eigenvalue weighted by Gasteiger charge is -2.20. The molecule has 0 saturated carbocycles. The number of rotatable bonds is 1. The fourth-order valence-corrected chi connectivity index (χ4v) is 2.25. The average Bonchev–Trinajstić information content (AvgIpc) is 2.53. The molecule has 0 unspecified atom stereocenters. The Labute approximate surface area is 85.0 Å². The topological polar surface area (TPSA) is 37.9 Å². The van der Waals surface area contributed by atoms with Crippen molar-refractivity contribution >= 4 is 22.6 Å². The highest BCUT2D eigenvalue weighted by Gasteiger charge is 2.19. The Hall–Kier alpha value is -0.100. The Balaban J connectivity index is 2.13. The van der Waals surface area contributed by atoms with Gasteiger partial charge in [-0.2, -0.15) is 5.10 Å². The molecular weight excluding hydrogens is 267 g/mol. The Morgan fingerprint density at radius 1 is 1.50 bits per heavy atom. The normalized spacial score (nSPS) is 19.8. The van der Waals surface area contributed by atoms with Crippen LogP contribution in [0, 0.1) is 3.57 Å². The van der Waals surface area contributed by atoms with E-state index in [2.05, 4.69) is 32.8 Å². The lowest BCUT2D eigenvalue weighted by Crippen LogP contribution is -2.15. The van der Waals surface area contributed by atoms with Gasteiger partial charge >= 0.3 is 0 Å². The Morgan fingerprint density at radius 3 is 2.83 bits per heavy atom. The summed E-state index contributed by atoms with van der Waals surface area (Å²) in [5, 5.41) is 7.09. The smallest absolute Gasteiger partial charge is 0.0624 e. The molecule has 1 aromatic heterocycles. The highest BCUT2D eigenvalue weighted by molar-refractivity contribution is 14.1. The number of nitrogens with zero attached hydrogens (tertiary/aromatic N) is 1. The van der Waals surface area contributed by atoms with Crippen LogP contribution in [-0.4, -0.2) is 23.4 Å². The molecule has 0 aromatic carbocycles. The summed E-state index contributed by atoms with van der Waals surface area (Å²) in [6, 6.07) is 0. The van der Waals surface area contributed by atoms with Crippen LogP contribution in [0.1, 0.15) is 24.5 Å². The van der Waals surface area contributed by atoms with Gasteiger partial charge in [0.2, 0.25) is 0 Å². The van der Waals surface area contributed by atoms with E-state index in [1.165, 1.54) is 9.26 Å². The van der Waals surface area contributed by atoms with Crippen LogP contribution < -0.4 is 0 Å². The summed E-state index contributed by atoms with van der Waals surface area (Å²) >= 11 is 2.32. The predicted molar refractivity (Wildman–Crippen MR) is 54.1 cm³/mol. The van der Waals surface area contributed by atoms with Gasteiger partial charge in [0.25, 0.3) is 0 Å². The van der Waals surface area contributed by atoms with Gasteiger partial charge in [-0.25, -0.2) is 0 Å². The third-order valence-electron chi connectivity index (χ3n) is 2.25. The van der Waals surface area contributed by atoms with E-state index in [1.54, 1.807) is 0 Å². The second-order valence-corrected chi connectivity index (χ2v) is 4.18. The minimum atomic E-state index is 0.633. The number of halogens is 1. The van der Waals surface area contributed by atoms with Gasteiger partial charge in [0.15, 0.2) is 0 Å². The van der Waals surface area contributed by atoms with Crippen LogP contribution in [-0.2, 0) is 4.74 Å². The van der Waals surface area contributed by atoms with Gasteiger partial charge in [-0.1, -0.05) is 0 Å². The standard InChI is InChI=1S/C8H11IN2O/c9-7-5-10-11-8(7)6-1-3-12-4-2-6/h5-6H,1-4H2,(H,10,11). The molecule has 0 aliphatic carbocycles. The molecule has 4 heteroatoms. The molecule has 1 aliphatic rings. The third kappa shape index (κ3) is 1.64. The van der Waals surface area contributed by atoms with E-state index in [0.29, 0.717) is 5.92 Å². The molecule has 0 amide bonds. The minimum Gasteiger partial charge on any atom is -0.381 e. The van der Waals surface area contributed by atoms with Crippen LogP contribution in [0.25, 0.3) is 0 Å². The lowest BCUT2D eigenvalue weighted by molar-refractivity contribution is 0.0843. The molecule has 1 fully saturated rings. The van der Waals surface area contributed by atoms with Crippen molar-refractivity contribution in [1.82, 2.24) is 10.2 Å². The molecule has 0 radical (unpaired) electrons. The molecule has 2 rings (SSSR count). The molecule has 66 valence electrons. The summed E-state index contributed by atoms with van der Waals surface area (Å²) in [5.74, 6) is 0.633. The third-order valence-corrected chi connectivity index (χ3v) is 3.11. The molecule has 0 atom stereocenters. The molecule has 1 aliphatic heterocycles. The maximum Gasteiger partial charge on any atom is 0.0624 e. The van der Waals surface area contributed by atoms with Crippen molar-refractivity contribution in [3.05, 3.63) is 15.5 Å². The number of aromatic nitrogens is 2. The highest BCUT2D eigenvalue weighted by atomic mass is 127. The largest absolute Gasteiger partial charge is 0.381 e. The number of H-pyrrole nitrogens is 1. The molecule has 12 heavy (non-hydrogen) atoms. The summed E-state index contributed by atoms with van der Waals surface area (Å²) in [5.41, 5.74) is 1.29. The van der Waals surface area contributed by atoms with E-state index in [4.69, 9.17) is 4.74 Å².